The third-order valence-electron chi connectivity index (χ3n) is 7.16. The van der Waals surface area contributed by atoms with Crippen LogP contribution in [-0.2, 0) is 12.7 Å². The van der Waals surface area contributed by atoms with Crippen LogP contribution in [0.3, 0.4) is 0 Å². The molecule has 7 nitrogen and oxygen atoms in total. The molecule has 1 aliphatic rings. The maximum atomic E-state index is 13.8. The smallest absolute Gasteiger partial charge is 0.322 e. The predicted molar refractivity (Wildman–Crippen MR) is 152 cm³/mol. The van der Waals surface area contributed by atoms with Crippen molar-refractivity contribution in [2.45, 2.75) is 32.5 Å². The summed E-state index contributed by atoms with van der Waals surface area (Å²) in [6, 6.07) is 8.96. The molecule has 1 N–H and O–H groups in total. The maximum Gasteiger partial charge on any atom is 0.416 e. The second-order valence-electron chi connectivity index (χ2n) is 10.6. The number of alkyl halides is 3. The van der Waals surface area contributed by atoms with Crippen LogP contribution in [0, 0.1) is 11.8 Å². The lowest BCUT2D eigenvalue weighted by molar-refractivity contribution is -0.137. The summed E-state index contributed by atoms with van der Waals surface area (Å²) in [6.45, 7) is 7.69. The number of hydrogen-bond acceptors (Lipinski definition) is 5. The number of piperazine rings is 1. The highest BCUT2D eigenvalue weighted by atomic mass is 19.4. The van der Waals surface area contributed by atoms with Crippen LogP contribution in [-0.4, -0.2) is 63.3 Å². The number of likely N-dealkylation sites (N-methyl/N-ethyl adjacent to an activating group) is 1. The third kappa shape index (κ3) is 6.76. The Bertz CT molecular complexity index is 1620. The first-order valence-electron chi connectivity index (χ1n) is 13.4. The average Bonchev–Trinajstić information content (AvgIpc) is 3.35. The van der Waals surface area contributed by atoms with E-state index in [1.54, 1.807) is 43.0 Å². The van der Waals surface area contributed by atoms with Gasteiger partial charge in [0, 0.05) is 61.9 Å². The number of carbonyl (C=O) groups is 1. The van der Waals surface area contributed by atoms with E-state index in [1.165, 1.54) is 0 Å². The average molecular weight is 561 g/mol. The van der Waals surface area contributed by atoms with Crippen molar-refractivity contribution in [2.24, 2.45) is 0 Å². The van der Waals surface area contributed by atoms with E-state index in [-0.39, 0.29) is 11.6 Å². The van der Waals surface area contributed by atoms with Gasteiger partial charge in [-0.3, -0.25) is 19.1 Å². The zero-order valence-electron chi connectivity index (χ0n) is 23.2. The Morgan fingerprint density at radius 3 is 2.56 bits per heavy atom. The summed E-state index contributed by atoms with van der Waals surface area (Å²) in [5.41, 5.74) is 3.09. The Hall–Kier alpha value is -4.20. The summed E-state index contributed by atoms with van der Waals surface area (Å²) in [5.74, 6) is 5.93. The zero-order valence-corrected chi connectivity index (χ0v) is 23.2. The number of amides is 1. The molecule has 2 aromatic heterocycles. The lowest BCUT2D eigenvalue weighted by Crippen LogP contribution is -2.43. The molecular formula is C31H31F3N6O. The van der Waals surface area contributed by atoms with Crippen LogP contribution in [0.4, 0.5) is 18.9 Å². The highest BCUT2D eigenvalue weighted by Crippen LogP contribution is 2.33. The van der Waals surface area contributed by atoms with Gasteiger partial charge >= 0.3 is 6.18 Å². The molecule has 4 aromatic rings. The van der Waals surface area contributed by atoms with E-state index in [1.807, 2.05) is 31.4 Å². The number of halogens is 3. The van der Waals surface area contributed by atoms with E-state index in [4.69, 9.17) is 0 Å². The van der Waals surface area contributed by atoms with Crippen molar-refractivity contribution in [2.75, 3.05) is 38.5 Å². The van der Waals surface area contributed by atoms with E-state index in [0.717, 1.165) is 43.9 Å². The molecule has 0 spiro atoms. The van der Waals surface area contributed by atoms with Crippen LogP contribution in [0.15, 0.2) is 61.2 Å². The van der Waals surface area contributed by atoms with E-state index in [2.05, 4.69) is 36.9 Å². The Kier molecular flexibility index (Phi) is 8.10. The largest absolute Gasteiger partial charge is 0.416 e. The first-order chi connectivity index (χ1) is 19.6. The van der Waals surface area contributed by atoms with Gasteiger partial charge in [-0.15, -0.1) is 0 Å². The standard InChI is InChI=1S/C31H31F3N6O/c1-21(2)28-7-5-24(16-23(28)4-6-27-18-36-29-19-35-8-9-40(27)29)30(41)37-26-15-22(14-25(17-26)31(32,33)34)20-39-12-10-38(3)11-13-39/h5,7-9,14-19,21H,10-13,20H2,1-3H3,(H,37,41). The highest BCUT2D eigenvalue weighted by Gasteiger charge is 2.31. The minimum atomic E-state index is -4.53. The lowest BCUT2D eigenvalue weighted by atomic mass is 9.95. The van der Waals surface area contributed by atoms with Crippen molar-refractivity contribution >= 4 is 17.2 Å². The molecule has 1 fully saturated rings. The molecule has 0 saturated carbocycles. The number of nitrogens with zero attached hydrogens (tertiary/aromatic N) is 5. The van der Waals surface area contributed by atoms with Gasteiger partial charge in [0.25, 0.3) is 5.91 Å². The number of imidazole rings is 1. The molecule has 1 saturated heterocycles. The van der Waals surface area contributed by atoms with Gasteiger partial charge in [0.05, 0.1) is 18.0 Å². The molecule has 0 unspecified atom stereocenters. The molecule has 0 atom stereocenters. The molecule has 2 aromatic carbocycles. The minimum Gasteiger partial charge on any atom is -0.322 e. The summed E-state index contributed by atoms with van der Waals surface area (Å²) < 4.78 is 43.1. The van der Waals surface area contributed by atoms with Gasteiger partial charge in [-0.2, -0.15) is 13.2 Å². The fraction of sp³-hybridized carbons (Fsp3) is 0.323. The van der Waals surface area contributed by atoms with Crippen molar-refractivity contribution in [3.8, 4) is 11.8 Å². The number of benzene rings is 2. The fourth-order valence-electron chi connectivity index (χ4n) is 4.86. The number of anilines is 1. The summed E-state index contributed by atoms with van der Waals surface area (Å²) in [5, 5.41) is 2.69. The van der Waals surface area contributed by atoms with Crippen LogP contribution in [0.1, 0.15) is 58.1 Å². The van der Waals surface area contributed by atoms with E-state index in [0.29, 0.717) is 34.6 Å². The Balaban J connectivity index is 1.42. The Labute approximate surface area is 237 Å². The monoisotopic (exact) mass is 560 g/mol. The van der Waals surface area contributed by atoms with Crippen LogP contribution >= 0.6 is 0 Å². The second-order valence-corrected chi connectivity index (χ2v) is 10.6. The molecule has 212 valence electrons. The number of aromatic nitrogens is 3. The van der Waals surface area contributed by atoms with Crippen LogP contribution < -0.4 is 5.32 Å². The number of rotatable bonds is 5. The van der Waals surface area contributed by atoms with Crippen molar-refractivity contribution in [1.82, 2.24) is 24.2 Å². The van der Waals surface area contributed by atoms with Crippen molar-refractivity contribution in [3.05, 3.63) is 94.7 Å². The first-order valence-corrected chi connectivity index (χ1v) is 13.4. The topological polar surface area (TPSA) is 65.8 Å². The maximum absolute atomic E-state index is 13.8. The number of carbonyl (C=O) groups excluding carboxylic acids is 1. The van der Waals surface area contributed by atoms with Crippen molar-refractivity contribution in [3.63, 3.8) is 0 Å². The fourth-order valence-corrected chi connectivity index (χ4v) is 4.86. The summed E-state index contributed by atoms with van der Waals surface area (Å²) >= 11 is 0. The minimum absolute atomic E-state index is 0.105. The van der Waals surface area contributed by atoms with Gasteiger partial charge in [-0.05, 0) is 60.3 Å². The normalized spacial score (nSPS) is 14.7. The molecule has 1 amide bonds. The molecular weight excluding hydrogens is 529 g/mol. The van der Waals surface area contributed by atoms with Crippen LogP contribution in [0.25, 0.3) is 5.65 Å². The molecule has 5 rings (SSSR count). The molecule has 0 bridgehead atoms. The second kappa shape index (κ2) is 11.7. The molecule has 1 aliphatic heterocycles. The van der Waals surface area contributed by atoms with Gasteiger partial charge in [0.15, 0.2) is 5.65 Å². The van der Waals surface area contributed by atoms with E-state index >= 15 is 0 Å². The van der Waals surface area contributed by atoms with E-state index in [9.17, 15) is 18.0 Å². The van der Waals surface area contributed by atoms with Crippen LogP contribution in [0.2, 0.25) is 0 Å². The summed E-state index contributed by atoms with van der Waals surface area (Å²) in [7, 11) is 2.03. The SMILES string of the molecule is CC(C)c1ccc(C(=O)Nc2cc(CN3CCN(C)CC3)cc(C(F)(F)F)c2)cc1C#Cc1cnc2cnccn12. The Morgan fingerprint density at radius 1 is 1.05 bits per heavy atom. The van der Waals surface area contributed by atoms with Gasteiger partial charge < -0.3 is 10.2 Å². The molecule has 10 heteroatoms. The predicted octanol–water partition coefficient (Wildman–Crippen LogP) is 5.27. The van der Waals surface area contributed by atoms with Gasteiger partial charge in [-0.1, -0.05) is 25.8 Å². The van der Waals surface area contributed by atoms with Crippen molar-refractivity contribution in [1.29, 1.82) is 0 Å². The van der Waals surface area contributed by atoms with Crippen molar-refractivity contribution < 1.29 is 18.0 Å². The highest BCUT2D eigenvalue weighted by molar-refractivity contribution is 6.04. The number of fused-ring (bicyclic) bond motifs is 1. The molecule has 0 radical (unpaired) electrons. The first kappa shape index (κ1) is 28.3. The van der Waals surface area contributed by atoms with Gasteiger partial charge in [0.1, 0.15) is 5.69 Å². The van der Waals surface area contributed by atoms with Gasteiger partial charge in [-0.25, -0.2) is 4.98 Å². The lowest BCUT2D eigenvalue weighted by Gasteiger charge is -2.32. The van der Waals surface area contributed by atoms with Crippen LogP contribution in [0.5, 0.6) is 0 Å². The molecule has 3 heterocycles. The summed E-state index contributed by atoms with van der Waals surface area (Å²) in [6.07, 6.45) is 2.18. The quantitative estimate of drug-likeness (QED) is 0.337. The number of hydrogen-bond donors (Lipinski definition) is 1. The number of nitrogens with one attached hydrogen (secondary N) is 1. The molecule has 41 heavy (non-hydrogen) atoms. The van der Waals surface area contributed by atoms with Gasteiger partial charge in [0.2, 0.25) is 0 Å². The van der Waals surface area contributed by atoms with E-state index < -0.39 is 17.6 Å². The molecule has 0 aliphatic carbocycles. The summed E-state index contributed by atoms with van der Waals surface area (Å²) in [4.78, 5) is 25.9. The zero-order chi connectivity index (χ0) is 29.1. The third-order valence-corrected chi connectivity index (χ3v) is 7.16. The Morgan fingerprint density at radius 2 is 1.83 bits per heavy atom.